The van der Waals surface area contributed by atoms with Gasteiger partial charge in [-0.25, -0.2) is 4.98 Å². The first-order valence-electron chi connectivity index (χ1n) is 6.55. The first-order valence-corrected chi connectivity index (χ1v) is 6.93. The molecule has 0 spiro atoms. The number of carbonyl (C=O) groups is 1. The number of pyridine rings is 1. The average Bonchev–Trinajstić information content (AvgIpc) is 2.47. The van der Waals surface area contributed by atoms with Gasteiger partial charge in [-0.2, -0.15) is 0 Å². The topological polar surface area (TPSA) is 91.6 Å². The summed E-state index contributed by atoms with van der Waals surface area (Å²) in [5.74, 6) is 0.230. The van der Waals surface area contributed by atoms with Crippen LogP contribution in [0.4, 0.5) is 5.69 Å². The molecule has 2 rings (SSSR count). The van der Waals surface area contributed by atoms with Crippen LogP contribution in [0.1, 0.15) is 24.2 Å². The Labute approximate surface area is 131 Å². The molecule has 1 aromatic carbocycles. The van der Waals surface area contributed by atoms with E-state index in [4.69, 9.17) is 21.1 Å². The van der Waals surface area contributed by atoms with Crippen molar-refractivity contribution >= 4 is 34.5 Å². The second-order valence-electron chi connectivity index (χ2n) is 4.23. The number of benzene rings is 1. The predicted molar refractivity (Wildman–Crippen MR) is 81.1 cm³/mol. The van der Waals surface area contributed by atoms with E-state index in [9.17, 15) is 14.9 Å². The second kappa shape index (κ2) is 6.57. The highest BCUT2D eigenvalue weighted by Crippen LogP contribution is 2.43. The van der Waals surface area contributed by atoms with Crippen molar-refractivity contribution in [2.24, 2.45) is 0 Å². The number of nitrogens with zero attached hydrogens (tertiary/aromatic N) is 2. The number of nitro benzene ring substituents is 1. The third-order valence-electron chi connectivity index (χ3n) is 2.88. The normalized spacial score (nSPS) is 10.5. The fourth-order valence-corrected chi connectivity index (χ4v) is 2.24. The van der Waals surface area contributed by atoms with Crippen LogP contribution in [0, 0.1) is 10.1 Å². The van der Waals surface area contributed by atoms with E-state index < -0.39 is 4.92 Å². The molecule has 1 aromatic heterocycles. The molecule has 0 atom stereocenters. The predicted octanol–water partition coefficient (Wildman–Crippen LogP) is 3.41. The van der Waals surface area contributed by atoms with Crippen LogP contribution in [-0.2, 0) is 0 Å². The molecule has 7 nitrogen and oxygen atoms in total. The van der Waals surface area contributed by atoms with Gasteiger partial charge in [0.05, 0.1) is 23.7 Å². The van der Waals surface area contributed by atoms with Gasteiger partial charge in [0.2, 0.25) is 5.75 Å². The number of ether oxygens (including phenoxy) is 2. The maximum absolute atomic E-state index is 11.5. The molecular formula is C14H13ClN2O5. The van der Waals surface area contributed by atoms with E-state index in [1.165, 1.54) is 6.07 Å². The number of aromatic nitrogens is 1. The van der Waals surface area contributed by atoms with Crippen molar-refractivity contribution in [2.75, 3.05) is 13.2 Å². The molecule has 0 bridgehead atoms. The molecule has 1 heterocycles. The molecule has 0 fully saturated rings. The molecule has 0 N–H and O–H groups in total. The van der Waals surface area contributed by atoms with E-state index in [0.29, 0.717) is 18.3 Å². The van der Waals surface area contributed by atoms with E-state index in [1.54, 1.807) is 19.9 Å². The summed E-state index contributed by atoms with van der Waals surface area (Å²) in [5, 5.41) is 11.7. The number of halogens is 1. The third-order valence-corrected chi connectivity index (χ3v) is 3.18. The summed E-state index contributed by atoms with van der Waals surface area (Å²) >= 11 is 5.87. The Bertz CT molecular complexity index is 748. The Hall–Kier alpha value is -2.41. The molecule has 0 unspecified atom stereocenters. The quantitative estimate of drug-likeness (QED) is 0.350. The lowest BCUT2D eigenvalue weighted by Gasteiger charge is -2.13. The minimum Gasteiger partial charge on any atom is -0.490 e. The maximum Gasteiger partial charge on any atom is 0.340 e. The molecule has 8 heteroatoms. The van der Waals surface area contributed by atoms with Crippen LogP contribution >= 0.6 is 11.6 Å². The summed E-state index contributed by atoms with van der Waals surface area (Å²) in [6, 6.07) is 2.98. The van der Waals surface area contributed by atoms with Gasteiger partial charge in [0.15, 0.2) is 17.6 Å². The number of aldehydes is 1. The summed E-state index contributed by atoms with van der Waals surface area (Å²) in [7, 11) is 0. The van der Waals surface area contributed by atoms with Crippen molar-refractivity contribution in [3.8, 4) is 11.5 Å². The molecule has 0 aliphatic carbocycles. The van der Waals surface area contributed by atoms with Crippen LogP contribution in [0.2, 0.25) is 5.15 Å². The molecule has 2 aromatic rings. The lowest BCUT2D eigenvalue weighted by Crippen LogP contribution is -2.04. The zero-order valence-electron chi connectivity index (χ0n) is 12.0. The maximum atomic E-state index is 11.5. The van der Waals surface area contributed by atoms with Crippen LogP contribution in [0.25, 0.3) is 10.9 Å². The standard InChI is InChI=1S/C14H13ClN2O5/c1-3-21-10-6-8-5-9(7-18)14(15)16-11(8)12(17(19)20)13(10)22-4-2/h5-7H,3-4H2,1-2H3. The van der Waals surface area contributed by atoms with Crippen molar-refractivity contribution in [3.63, 3.8) is 0 Å². The van der Waals surface area contributed by atoms with E-state index >= 15 is 0 Å². The van der Waals surface area contributed by atoms with Gasteiger partial charge in [-0.15, -0.1) is 0 Å². The minimum absolute atomic E-state index is 0.00395. The Morgan fingerprint density at radius 1 is 1.32 bits per heavy atom. The SMILES string of the molecule is CCOc1cc2cc(C=O)c(Cl)nc2c([N+](=O)[O-])c1OCC. The van der Waals surface area contributed by atoms with Crippen molar-refractivity contribution in [3.05, 3.63) is 33.0 Å². The molecule has 0 aliphatic rings. The molecule has 116 valence electrons. The van der Waals surface area contributed by atoms with Gasteiger partial charge in [0.1, 0.15) is 5.15 Å². The molecule has 0 saturated heterocycles. The van der Waals surface area contributed by atoms with E-state index in [1.807, 2.05) is 0 Å². The van der Waals surface area contributed by atoms with Crippen LogP contribution in [0.5, 0.6) is 11.5 Å². The molecule has 0 aliphatic heterocycles. The number of hydrogen-bond acceptors (Lipinski definition) is 6. The minimum atomic E-state index is -0.597. The average molecular weight is 325 g/mol. The van der Waals surface area contributed by atoms with Crippen LogP contribution in [0.3, 0.4) is 0 Å². The molecule has 0 radical (unpaired) electrons. The van der Waals surface area contributed by atoms with Gasteiger partial charge in [-0.3, -0.25) is 14.9 Å². The van der Waals surface area contributed by atoms with Crippen LogP contribution in [-0.4, -0.2) is 29.4 Å². The summed E-state index contributed by atoms with van der Waals surface area (Å²) in [6.07, 6.45) is 0.539. The third kappa shape index (κ3) is 2.80. The summed E-state index contributed by atoms with van der Waals surface area (Å²) in [5.41, 5.74) is -0.135. The molecule has 0 amide bonds. The van der Waals surface area contributed by atoms with Crippen molar-refractivity contribution < 1.29 is 19.2 Å². The van der Waals surface area contributed by atoms with E-state index in [2.05, 4.69) is 4.98 Å². The molecule has 0 saturated carbocycles. The van der Waals surface area contributed by atoms with Gasteiger partial charge in [-0.1, -0.05) is 11.6 Å². The number of carbonyl (C=O) groups excluding carboxylic acids is 1. The summed E-state index contributed by atoms with van der Waals surface area (Å²) < 4.78 is 10.8. The Balaban J connectivity index is 2.89. The largest absolute Gasteiger partial charge is 0.490 e. The highest BCUT2D eigenvalue weighted by Gasteiger charge is 2.27. The van der Waals surface area contributed by atoms with E-state index in [0.717, 1.165) is 0 Å². The Kier molecular flexibility index (Phi) is 4.77. The number of hydrogen-bond donors (Lipinski definition) is 0. The second-order valence-corrected chi connectivity index (χ2v) is 4.59. The zero-order valence-corrected chi connectivity index (χ0v) is 12.7. The van der Waals surface area contributed by atoms with Crippen molar-refractivity contribution in [2.45, 2.75) is 13.8 Å². The van der Waals surface area contributed by atoms with Gasteiger partial charge >= 0.3 is 5.69 Å². The molecular weight excluding hydrogens is 312 g/mol. The molecule has 22 heavy (non-hydrogen) atoms. The lowest BCUT2D eigenvalue weighted by molar-refractivity contribution is -0.384. The Morgan fingerprint density at radius 2 is 2.00 bits per heavy atom. The van der Waals surface area contributed by atoms with E-state index in [-0.39, 0.29) is 40.0 Å². The van der Waals surface area contributed by atoms with Gasteiger partial charge in [-0.05, 0) is 26.0 Å². The van der Waals surface area contributed by atoms with Gasteiger partial charge in [0.25, 0.3) is 0 Å². The lowest BCUT2D eigenvalue weighted by atomic mass is 10.1. The fraction of sp³-hybridized carbons (Fsp3) is 0.286. The van der Waals surface area contributed by atoms with Gasteiger partial charge < -0.3 is 9.47 Å². The summed E-state index contributed by atoms with van der Waals surface area (Å²) in [6.45, 7) is 4.00. The van der Waals surface area contributed by atoms with Crippen molar-refractivity contribution in [1.29, 1.82) is 0 Å². The highest BCUT2D eigenvalue weighted by atomic mass is 35.5. The first-order chi connectivity index (χ1) is 10.5. The zero-order chi connectivity index (χ0) is 16.3. The Morgan fingerprint density at radius 3 is 2.55 bits per heavy atom. The highest BCUT2D eigenvalue weighted by molar-refractivity contribution is 6.32. The van der Waals surface area contributed by atoms with Gasteiger partial charge in [0, 0.05) is 5.39 Å². The number of fused-ring (bicyclic) bond motifs is 1. The van der Waals surface area contributed by atoms with Crippen LogP contribution < -0.4 is 9.47 Å². The number of nitro groups is 1. The number of rotatable bonds is 6. The first kappa shape index (κ1) is 16.0. The van der Waals surface area contributed by atoms with Crippen LogP contribution in [0.15, 0.2) is 12.1 Å². The van der Waals surface area contributed by atoms with Crippen molar-refractivity contribution in [1.82, 2.24) is 4.98 Å². The smallest absolute Gasteiger partial charge is 0.340 e. The monoisotopic (exact) mass is 324 g/mol. The fourth-order valence-electron chi connectivity index (χ4n) is 2.05. The summed E-state index contributed by atoms with van der Waals surface area (Å²) in [4.78, 5) is 25.8.